The first-order valence-corrected chi connectivity index (χ1v) is 10.7. The molecular weight excluding hydrogens is 390 g/mol. The molecule has 8 nitrogen and oxygen atoms in total. The van der Waals surface area contributed by atoms with Crippen molar-refractivity contribution in [3.8, 4) is 11.3 Å². The van der Waals surface area contributed by atoms with Crippen molar-refractivity contribution in [1.82, 2.24) is 15.3 Å². The lowest BCUT2D eigenvalue weighted by Crippen LogP contribution is -2.33. The normalized spacial score (nSPS) is 19.2. The van der Waals surface area contributed by atoms with Crippen LogP contribution < -0.4 is 15.1 Å². The van der Waals surface area contributed by atoms with Gasteiger partial charge in [-0.15, -0.1) is 0 Å². The molecular formula is C20H23N5O3S. The fourth-order valence-corrected chi connectivity index (χ4v) is 4.23. The smallest absolute Gasteiger partial charge is 0.414 e. The van der Waals surface area contributed by atoms with E-state index in [1.165, 1.54) is 11.8 Å². The molecule has 9 heteroatoms. The van der Waals surface area contributed by atoms with E-state index in [0.29, 0.717) is 18.8 Å². The molecule has 1 atom stereocenters. The first kappa shape index (κ1) is 19.5. The highest BCUT2D eigenvalue weighted by Gasteiger charge is 2.32. The zero-order valence-electron chi connectivity index (χ0n) is 16.2. The van der Waals surface area contributed by atoms with Gasteiger partial charge in [-0.05, 0) is 24.3 Å². The number of anilines is 2. The molecule has 2 amide bonds. The highest BCUT2D eigenvalue weighted by Crippen LogP contribution is 2.25. The van der Waals surface area contributed by atoms with Gasteiger partial charge < -0.3 is 15.0 Å². The van der Waals surface area contributed by atoms with Crippen LogP contribution in [0, 0.1) is 0 Å². The second-order valence-corrected chi connectivity index (χ2v) is 8.18. The Morgan fingerprint density at radius 2 is 2.03 bits per heavy atom. The molecule has 0 aliphatic carbocycles. The number of amides is 2. The van der Waals surface area contributed by atoms with Crippen molar-refractivity contribution in [2.45, 2.75) is 13.0 Å². The number of rotatable bonds is 5. The molecule has 2 aromatic heterocycles. The van der Waals surface area contributed by atoms with Crippen molar-refractivity contribution in [3.63, 3.8) is 0 Å². The van der Waals surface area contributed by atoms with E-state index in [1.807, 2.05) is 42.2 Å². The van der Waals surface area contributed by atoms with Crippen molar-refractivity contribution in [2.24, 2.45) is 0 Å². The molecule has 1 N–H and O–H groups in total. The van der Waals surface area contributed by atoms with Crippen LogP contribution in [0.4, 0.5) is 16.3 Å². The Bertz CT molecular complexity index is 869. The van der Waals surface area contributed by atoms with Crippen LogP contribution in [-0.2, 0) is 9.53 Å². The van der Waals surface area contributed by atoms with Gasteiger partial charge in [0.25, 0.3) is 0 Å². The number of hydrogen-bond donors (Lipinski definition) is 1. The molecule has 0 spiro atoms. The molecule has 4 heterocycles. The molecule has 0 saturated carbocycles. The van der Waals surface area contributed by atoms with Gasteiger partial charge in [-0.3, -0.25) is 14.7 Å². The minimum Gasteiger partial charge on any atom is -0.442 e. The highest BCUT2D eigenvalue weighted by molar-refractivity contribution is 7.99. The first-order valence-electron chi connectivity index (χ1n) is 9.58. The third kappa shape index (κ3) is 4.61. The van der Waals surface area contributed by atoms with Crippen molar-refractivity contribution >= 4 is 35.3 Å². The third-order valence-electron chi connectivity index (χ3n) is 4.89. The number of pyridine rings is 2. The van der Waals surface area contributed by atoms with Gasteiger partial charge in [0.15, 0.2) is 0 Å². The Hall–Kier alpha value is -2.81. The number of carbonyl (C=O) groups excluding carboxylic acids is 2. The fourth-order valence-electron chi connectivity index (χ4n) is 3.33. The number of hydrogen-bond acceptors (Lipinski definition) is 7. The van der Waals surface area contributed by atoms with Gasteiger partial charge in [0.05, 0.1) is 30.7 Å². The van der Waals surface area contributed by atoms with E-state index in [9.17, 15) is 9.59 Å². The molecule has 0 aromatic carbocycles. The second kappa shape index (κ2) is 8.69. The highest BCUT2D eigenvalue weighted by atomic mass is 32.2. The number of thioether (sulfide) groups is 1. The minimum absolute atomic E-state index is 0.149. The number of cyclic esters (lactones) is 1. The number of nitrogens with zero attached hydrogens (tertiary/aromatic N) is 4. The van der Waals surface area contributed by atoms with Crippen LogP contribution in [0.25, 0.3) is 11.3 Å². The summed E-state index contributed by atoms with van der Waals surface area (Å²) in [6.07, 6.45) is 2.71. The second-order valence-electron chi connectivity index (χ2n) is 6.96. The van der Waals surface area contributed by atoms with Gasteiger partial charge in [-0.1, -0.05) is 0 Å². The quantitative estimate of drug-likeness (QED) is 0.804. The van der Waals surface area contributed by atoms with Crippen LogP contribution in [0.15, 0.2) is 36.7 Å². The number of ether oxygens (including phenoxy) is 1. The molecule has 0 bridgehead atoms. The van der Waals surface area contributed by atoms with E-state index in [4.69, 9.17) is 4.74 Å². The monoisotopic (exact) mass is 413 g/mol. The lowest BCUT2D eigenvalue weighted by Gasteiger charge is -2.27. The number of nitrogens with one attached hydrogen (secondary N) is 1. The molecule has 152 valence electrons. The van der Waals surface area contributed by atoms with E-state index in [1.54, 1.807) is 6.20 Å². The summed E-state index contributed by atoms with van der Waals surface area (Å²) in [5.41, 5.74) is 2.39. The minimum atomic E-state index is -0.430. The van der Waals surface area contributed by atoms with Gasteiger partial charge in [-0.2, -0.15) is 11.8 Å². The van der Waals surface area contributed by atoms with Gasteiger partial charge >= 0.3 is 6.09 Å². The molecule has 2 fully saturated rings. The summed E-state index contributed by atoms with van der Waals surface area (Å²) < 4.78 is 5.29. The standard InChI is InChI=1S/C20H23N5O3S/c1-14(26)21-12-17-13-25(20(27)28-17)16-3-4-18(22-11-16)15-2-5-19(23-10-15)24-6-8-29-9-7-24/h2-5,10-11,17H,6-9,12-13H2,1H3,(H,21,26). The molecule has 2 aliphatic rings. The molecule has 2 aliphatic heterocycles. The Morgan fingerprint density at radius 3 is 2.69 bits per heavy atom. The molecule has 2 aromatic rings. The molecule has 29 heavy (non-hydrogen) atoms. The van der Waals surface area contributed by atoms with Crippen LogP contribution >= 0.6 is 11.8 Å². The van der Waals surface area contributed by atoms with Crippen molar-refractivity contribution in [1.29, 1.82) is 0 Å². The van der Waals surface area contributed by atoms with Crippen LogP contribution in [0.2, 0.25) is 0 Å². The van der Waals surface area contributed by atoms with Crippen molar-refractivity contribution in [2.75, 3.05) is 47.5 Å². The van der Waals surface area contributed by atoms with E-state index >= 15 is 0 Å². The predicted octanol–water partition coefficient (Wildman–Crippen LogP) is 2.16. The third-order valence-corrected chi connectivity index (χ3v) is 5.83. The maximum absolute atomic E-state index is 12.1. The Balaban J connectivity index is 1.41. The van der Waals surface area contributed by atoms with Gasteiger partial charge in [0.1, 0.15) is 11.9 Å². The Kier molecular flexibility index (Phi) is 5.84. The average molecular weight is 414 g/mol. The van der Waals surface area contributed by atoms with E-state index in [2.05, 4.69) is 20.2 Å². The van der Waals surface area contributed by atoms with Gasteiger partial charge in [0.2, 0.25) is 5.91 Å². The summed E-state index contributed by atoms with van der Waals surface area (Å²) in [7, 11) is 0. The SMILES string of the molecule is CC(=O)NCC1CN(c2ccc(-c3ccc(N4CCSCC4)nc3)nc2)C(=O)O1. The zero-order valence-corrected chi connectivity index (χ0v) is 17.0. The molecule has 0 radical (unpaired) electrons. The lowest BCUT2D eigenvalue weighted by molar-refractivity contribution is -0.119. The average Bonchev–Trinajstić information content (AvgIpc) is 3.14. The van der Waals surface area contributed by atoms with E-state index < -0.39 is 6.09 Å². The van der Waals surface area contributed by atoms with Crippen LogP contribution in [0.5, 0.6) is 0 Å². The fraction of sp³-hybridized carbons (Fsp3) is 0.400. The summed E-state index contributed by atoms with van der Waals surface area (Å²) in [4.78, 5) is 36.1. The molecule has 1 unspecified atom stereocenters. The summed E-state index contributed by atoms with van der Waals surface area (Å²) in [6.45, 7) is 4.17. The zero-order chi connectivity index (χ0) is 20.2. The molecule has 4 rings (SSSR count). The number of aromatic nitrogens is 2. The number of carbonyl (C=O) groups is 2. The van der Waals surface area contributed by atoms with Crippen LogP contribution in [0.1, 0.15) is 6.92 Å². The van der Waals surface area contributed by atoms with Gasteiger partial charge in [-0.25, -0.2) is 9.78 Å². The summed E-state index contributed by atoms with van der Waals surface area (Å²) in [5.74, 6) is 3.12. The Labute approximate surface area is 173 Å². The van der Waals surface area contributed by atoms with E-state index in [0.717, 1.165) is 41.7 Å². The maximum atomic E-state index is 12.1. The summed E-state index contributed by atoms with van der Waals surface area (Å²) >= 11 is 1.97. The Morgan fingerprint density at radius 1 is 1.21 bits per heavy atom. The van der Waals surface area contributed by atoms with Crippen molar-refractivity contribution < 1.29 is 14.3 Å². The summed E-state index contributed by atoms with van der Waals surface area (Å²) in [5, 5.41) is 2.67. The van der Waals surface area contributed by atoms with E-state index in [-0.39, 0.29) is 12.0 Å². The topological polar surface area (TPSA) is 87.7 Å². The van der Waals surface area contributed by atoms with Crippen LogP contribution in [-0.4, -0.2) is 65.8 Å². The van der Waals surface area contributed by atoms with Crippen LogP contribution in [0.3, 0.4) is 0 Å². The van der Waals surface area contributed by atoms with Gasteiger partial charge in [0, 0.05) is 43.3 Å². The molecule has 2 saturated heterocycles. The largest absolute Gasteiger partial charge is 0.442 e. The lowest BCUT2D eigenvalue weighted by atomic mass is 10.2. The maximum Gasteiger partial charge on any atom is 0.414 e. The first-order chi connectivity index (χ1) is 14.1. The predicted molar refractivity (Wildman–Crippen MR) is 113 cm³/mol. The van der Waals surface area contributed by atoms with Crippen molar-refractivity contribution in [3.05, 3.63) is 36.7 Å². The summed E-state index contributed by atoms with van der Waals surface area (Å²) in [6, 6.07) is 7.78.